The number of nitrogens with zero attached hydrogens (tertiary/aromatic N) is 3. The Balaban J connectivity index is 2.27. The molecular weight excluding hydrogens is 335 g/mol. The molecule has 0 aliphatic carbocycles. The summed E-state index contributed by atoms with van der Waals surface area (Å²) in [4.78, 5) is 4.26. The molecule has 1 aromatic carbocycles. The van der Waals surface area contributed by atoms with Crippen LogP contribution in [0.4, 0.5) is 5.69 Å². The van der Waals surface area contributed by atoms with Crippen LogP contribution < -0.4 is 5.73 Å². The Morgan fingerprint density at radius 3 is 3.00 bits per heavy atom. The highest BCUT2D eigenvalue weighted by Crippen LogP contribution is 2.28. The molecule has 2 heterocycles. The highest BCUT2D eigenvalue weighted by Gasteiger charge is 2.09. The highest BCUT2D eigenvalue weighted by atomic mass is 127. The zero-order chi connectivity index (χ0) is 11.1. The van der Waals surface area contributed by atoms with Crippen LogP contribution in [0.5, 0.6) is 0 Å². The molecule has 2 N–H and O–H groups in total. The van der Waals surface area contributed by atoms with Crippen LogP contribution in [0.15, 0.2) is 30.0 Å². The number of fused-ring (bicyclic) bond motifs is 1. The van der Waals surface area contributed by atoms with Gasteiger partial charge in [-0.2, -0.15) is 5.10 Å². The van der Waals surface area contributed by atoms with Crippen LogP contribution in [0.3, 0.4) is 0 Å². The van der Waals surface area contributed by atoms with Gasteiger partial charge >= 0.3 is 0 Å². The lowest BCUT2D eigenvalue weighted by Gasteiger charge is -2.05. The molecule has 80 valence electrons. The van der Waals surface area contributed by atoms with Crippen molar-refractivity contribution in [1.29, 1.82) is 0 Å². The van der Waals surface area contributed by atoms with Gasteiger partial charge in [-0.1, -0.05) is 0 Å². The van der Waals surface area contributed by atoms with E-state index in [1.807, 2.05) is 18.3 Å². The summed E-state index contributed by atoms with van der Waals surface area (Å²) in [6.45, 7) is 0. The van der Waals surface area contributed by atoms with Crippen LogP contribution in [0, 0.1) is 3.57 Å². The number of hydrogen-bond acceptors (Lipinski definition) is 4. The Morgan fingerprint density at radius 1 is 1.38 bits per heavy atom. The Morgan fingerprint density at radius 2 is 2.25 bits per heavy atom. The van der Waals surface area contributed by atoms with Crippen molar-refractivity contribution in [3.05, 3.63) is 33.6 Å². The summed E-state index contributed by atoms with van der Waals surface area (Å²) in [5, 5.41) is 4.24. The topological polar surface area (TPSA) is 56.7 Å². The maximum Gasteiger partial charge on any atom is 0.106 e. The fourth-order valence-electron chi connectivity index (χ4n) is 1.57. The molecule has 0 aliphatic rings. The molecule has 0 saturated heterocycles. The highest BCUT2D eigenvalue weighted by molar-refractivity contribution is 14.1. The average Bonchev–Trinajstić information content (AvgIpc) is 2.87. The van der Waals surface area contributed by atoms with Crippen molar-refractivity contribution in [2.45, 2.75) is 0 Å². The molecule has 3 rings (SSSR count). The van der Waals surface area contributed by atoms with Gasteiger partial charge in [-0.3, -0.25) is 0 Å². The van der Waals surface area contributed by atoms with Crippen LogP contribution in [0.1, 0.15) is 0 Å². The average molecular weight is 342 g/mol. The molecular formula is C10H7IN4S. The van der Waals surface area contributed by atoms with Crippen molar-refractivity contribution in [1.82, 2.24) is 14.8 Å². The second-order valence-electron chi connectivity index (χ2n) is 3.30. The van der Waals surface area contributed by atoms with Crippen molar-refractivity contribution in [3.8, 4) is 5.69 Å². The lowest BCUT2D eigenvalue weighted by molar-refractivity contribution is 0.884. The first-order valence-electron chi connectivity index (χ1n) is 4.58. The first-order chi connectivity index (χ1) is 7.75. The van der Waals surface area contributed by atoms with Crippen molar-refractivity contribution in [2.75, 3.05) is 5.73 Å². The third-order valence-electron chi connectivity index (χ3n) is 2.32. The van der Waals surface area contributed by atoms with E-state index >= 15 is 0 Å². The third-order valence-corrected chi connectivity index (χ3v) is 3.67. The first kappa shape index (κ1) is 10.0. The molecule has 0 unspecified atom stereocenters. The fraction of sp³-hybridized carbons (Fsp3) is 0. The monoisotopic (exact) mass is 342 g/mol. The van der Waals surface area contributed by atoms with Crippen molar-refractivity contribution in [3.63, 3.8) is 0 Å². The van der Waals surface area contributed by atoms with Gasteiger partial charge in [0.2, 0.25) is 0 Å². The minimum Gasteiger partial charge on any atom is -0.395 e. The minimum atomic E-state index is 0.679. The quantitative estimate of drug-likeness (QED) is 0.546. The van der Waals surface area contributed by atoms with Crippen LogP contribution in [-0.2, 0) is 0 Å². The summed E-state index contributed by atoms with van der Waals surface area (Å²) in [7, 11) is 0. The van der Waals surface area contributed by atoms with Gasteiger partial charge in [0.05, 0.1) is 31.4 Å². The second kappa shape index (κ2) is 3.70. The Hall–Kier alpha value is -1.15. The number of halogens is 1. The number of thiazole rings is 1. The second-order valence-corrected chi connectivity index (χ2v) is 5.43. The molecule has 2 aromatic heterocycles. The van der Waals surface area contributed by atoms with Crippen LogP contribution in [-0.4, -0.2) is 14.8 Å². The van der Waals surface area contributed by atoms with Crippen LogP contribution in [0.2, 0.25) is 0 Å². The number of nitrogen functional groups attached to an aromatic ring is 1. The van der Waals surface area contributed by atoms with E-state index in [9.17, 15) is 0 Å². The van der Waals surface area contributed by atoms with E-state index in [1.165, 1.54) is 0 Å². The molecule has 6 heteroatoms. The van der Waals surface area contributed by atoms with E-state index in [0.717, 1.165) is 19.5 Å². The molecule has 3 aromatic rings. The summed E-state index contributed by atoms with van der Waals surface area (Å²) >= 11 is 3.81. The number of aromatic nitrogens is 3. The van der Waals surface area contributed by atoms with Crippen molar-refractivity contribution < 1.29 is 0 Å². The van der Waals surface area contributed by atoms with Gasteiger partial charge in [0, 0.05) is 6.20 Å². The molecule has 0 fully saturated rings. The van der Waals surface area contributed by atoms with E-state index in [4.69, 9.17) is 5.73 Å². The molecule has 4 nitrogen and oxygen atoms in total. The lowest BCUT2D eigenvalue weighted by atomic mass is 10.2. The number of rotatable bonds is 1. The third kappa shape index (κ3) is 1.49. The van der Waals surface area contributed by atoms with Gasteiger partial charge in [0.25, 0.3) is 0 Å². The van der Waals surface area contributed by atoms with Gasteiger partial charge in [0.1, 0.15) is 5.52 Å². The van der Waals surface area contributed by atoms with Gasteiger partial charge in [0.15, 0.2) is 0 Å². The summed E-state index contributed by atoms with van der Waals surface area (Å²) < 4.78 is 3.95. The molecule has 0 atom stereocenters. The smallest absolute Gasteiger partial charge is 0.106 e. The van der Waals surface area contributed by atoms with Crippen molar-refractivity contribution >= 4 is 49.8 Å². The Bertz CT molecular complexity index is 658. The van der Waals surface area contributed by atoms with E-state index in [0.29, 0.717) is 5.69 Å². The minimum absolute atomic E-state index is 0.679. The molecule has 16 heavy (non-hydrogen) atoms. The molecule has 0 saturated carbocycles. The predicted octanol–water partition coefficient (Wildman–Crippen LogP) is 2.67. The molecule has 0 spiro atoms. The number of anilines is 1. The lowest BCUT2D eigenvalue weighted by Crippen LogP contribution is -2.00. The van der Waals surface area contributed by atoms with Crippen LogP contribution in [0.25, 0.3) is 15.9 Å². The normalized spacial score (nSPS) is 11.1. The Kier molecular flexibility index (Phi) is 2.32. The molecule has 0 bridgehead atoms. The fourth-order valence-corrected chi connectivity index (χ4v) is 2.65. The van der Waals surface area contributed by atoms with Gasteiger partial charge < -0.3 is 5.73 Å². The van der Waals surface area contributed by atoms with Crippen LogP contribution >= 0.6 is 33.9 Å². The Labute approximate surface area is 109 Å². The largest absolute Gasteiger partial charge is 0.395 e. The zero-order valence-corrected chi connectivity index (χ0v) is 11.1. The van der Waals surface area contributed by atoms with Gasteiger partial charge in [-0.25, -0.2) is 9.67 Å². The maximum atomic E-state index is 6.09. The first-order valence-corrected chi connectivity index (χ1v) is 6.54. The van der Waals surface area contributed by atoms with E-state index < -0.39 is 0 Å². The molecule has 0 radical (unpaired) electrons. The summed E-state index contributed by atoms with van der Waals surface area (Å²) in [6.07, 6.45) is 3.73. The summed E-state index contributed by atoms with van der Waals surface area (Å²) in [6, 6.07) is 3.99. The van der Waals surface area contributed by atoms with Crippen molar-refractivity contribution in [2.24, 2.45) is 0 Å². The van der Waals surface area contributed by atoms with Gasteiger partial charge in [-0.15, -0.1) is 11.3 Å². The summed E-state index contributed by atoms with van der Waals surface area (Å²) in [5.41, 5.74) is 10.3. The van der Waals surface area contributed by atoms with Gasteiger partial charge in [-0.05, 0) is 34.7 Å². The zero-order valence-electron chi connectivity index (χ0n) is 8.09. The maximum absolute atomic E-state index is 6.09. The summed E-state index contributed by atoms with van der Waals surface area (Å²) in [5.74, 6) is 0. The SMILES string of the molecule is Nc1c(-n2cc(I)cn2)ccc2scnc12. The predicted molar refractivity (Wildman–Crippen MR) is 73.9 cm³/mol. The number of nitrogens with two attached hydrogens (primary N) is 1. The molecule has 0 amide bonds. The van der Waals surface area contributed by atoms with E-state index in [-0.39, 0.29) is 0 Å². The van der Waals surface area contributed by atoms with E-state index in [2.05, 4.69) is 32.7 Å². The number of hydrogen-bond donors (Lipinski definition) is 1. The number of benzene rings is 1. The standard InChI is InChI=1S/C10H7IN4S/c11-6-3-14-15(4-6)7-1-2-8-10(9(7)12)13-5-16-8/h1-5H,12H2. The molecule has 0 aliphatic heterocycles. The van der Waals surface area contributed by atoms with E-state index in [1.54, 1.807) is 27.7 Å².